The summed E-state index contributed by atoms with van der Waals surface area (Å²) in [6.07, 6.45) is -3.70. The molecule has 2 aliphatic rings. The molecule has 13 heteroatoms. The zero-order chi connectivity index (χ0) is 26.7. The molecule has 2 saturated heterocycles. The van der Waals surface area contributed by atoms with Crippen LogP contribution in [0.5, 0.6) is 5.75 Å². The Kier molecular flexibility index (Phi) is 7.54. The number of ether oxygens (including phenoxy) is 1. The fourth-order valence-corrected chi connectivity index (χ4v) is 4.84. The van der Waals surface area contributed by atoms with Crippen molar-refractivity contribution in [3.8, 4) is 5.75 Å². The Hall–Kier alpha value is -3.61. The molecule has 0 N–H and O–H groups in total. The molecule has 0 spiro atoms. The van der Waals surface area contributed by atoms with Crippen LogP contribution in [0, 0.1) is 0 Å². The average Bonchev–Trinajstić information content (AvgIpc) is 3.36. The predicted octanol–water partition coefficient (Wildman–Crippen LogP) is 2.40. The quantitative estimate of drug-likeness (QED) is 0.429. The van der Waals surface area contributed by atoms with Crippen LogP contribution in [0.25, 0.3) is 5.65 Å². The van der Waals surface area contributed by atoms with Gasteiger partial charge in [0.1, 0.15) is 11.6 Å². The van der Waals surface area contributed by atoms with E-state index in [1.54, 1.807) is 13.0 Å². The number of fused-ring (bicyclic) bond motifs is 1. The Labute approximate surface area is 218 Å². The lowest BCUT2D eigenvalue weighted by molar-refractivity contribution is -0.146. The molecule has 2 aromatic heterocycles. The van der Waals surface area contributed by atoms with Gasteiger partial charge in [-0.2, -0.15) is 17.7 Å². The molecule has 38 heavy (non-hydrogen) atoms. The van der Waals surface area contributed by atoms with E-state index in [-0.39, 0.29) is 11.6 Å². The van der Waals surface area contributed by atoms with Gasteiger partial charge in [-0.3, -0.25) is 9.69 Å². The van der Waals surface area contributed by atoms with E-state index in [2.05, 4.69) is 25.1 Å². The van der Waals surface area contributed by atoms with Crippen molar-refractivity contribution < 1.29 is 22.7 Å². The van der Waals surface area contributed by atoms with Crippen LogP contribution >= 0.6 is 0 Å². The van der Waals surface area contributed by atoms with Crippen LogP contribution in [-0.2, 0) is 11.0 Å². The second kappa shape index (κ2) is 11.0. The van der Waals surface area contributed by atoms with Crippen molar-refractivity contribution in [3.63, 3.8) is 0 Å². The summed E-state index contributed by atoms with van der Waals surface area (Å²) in [5.41, 5.74) is 1.14. The van der Waals surface area contributed by atoms with Crippen LogP contribution in [0.2, 0.25) is 0 Å². The Morgan fingerprint density at radius 1 is 0.895 bits per heavy atom. The van der Waals surface area contributed by atoms with E-state index in [4.69, 9.17) is 4.74 Å². The second-order valence-corrected chi connectivity index (χ2v) is 9.50. The number of piperazine rings is 2. The van der Waals surface area contributed by atoms with Crippen molar-refractivity contribution in [2.45, 2.75) is 19.5 Å². The van der Waals surface area contributed by atoms with Gasteiger partial charge >= 0.3 is 6.18 Å². The second-order valence-electron chi connectivity index (χ2n) is 9.50. The van der Waals surface area contributed by atoms with Gasteiger partial charge in [0.25, 0.3) is 5.82 Å². The van der Waals surface area contributed by atoms with Crippen LogP contribution in [0.3, 0.4) is 0 Å². The van der Waals surface area contributed by atoms with Crippen molar-refractivity contribution in [1.82, 2.24) is 29.6 Å². The minimum Gasteiger partial charge on any atom is -0.494 e. The Balaban J connectivity index is 1.07. The first-order valence-corrected chi connectivity index (χ1v) is 12.8. The number of aromatic nitrogens is 4. The molecular formula is C25H31F3N8O2. The molecule has 0 unspecified atom stereocenters. The largest absolute Gasteiger partial charge is 0.494 e. The Morgan fingerprint density at radius 2 is 1.58 bits per heavy atom. The number of rotatable bonds is 7. The van der Waals surface area contributed by atoms with Gasteiger partial charge in [0.05, 0.1) is 6.61 Å². The van der Waals surface area contributed by atoms with Gasteiger partial charge in [-0.1, -0.05) is 0 Å². The monoisotopic (exact) mass is 532 g/mol. The summed E-state index contributed by atoms with van der Waals surface area (Å²) in [6.45, 7) is 9.26. The molecule has 0 radical (unpaired) electrons. The molecule has 0 aliphatic carbocycles. The number of alkyl halides is 3. The summed E-state index contributed by atoms with van der Waals surface area (Å²) in [5, 5.41) is 11.0. The average molecular weight is 533 g/mol. The lowest BCUT2D eigenvalue weighted by Crippen LogP contribution is -2.48. The standard InChI is InChI=1S/C25H31F3N8O2/c1-19(37)33-12-10-32(11-13-33)9-2-18-38-21-5-3-20(4-6-21)34-14-16-35(17-15-34)23-8-7-22-29-30-24(25(26,27)28)36(22)31-23/h3-8H,2,9-18H2,1H3. The van der Waals surface area contributed by atoms with Crippen molar-refractivity contribution in [2.24, 2.45) is 0 Å². The summed E-state index contributed by atoms with van der Waals surface area (Å²) >= 11 is 0. The zero-order valence-electron chi connectivity index (χ0n) is 21.3. The molecule has 0 bridgehead atoms. The Morgan fingerprint density at radius 3 is 2.24 bits per heavy atom. The van der Waals surface area contributed by atoms with Crippen LogP contribution < -0.4 is 14.5 Å². The van der Waals surface area contributed by atoms with E-state index in [1.807, 2.05) is 34.1 Å². The highest BCUT2D eigenvalue weighted by atomic mass is 19.4. The van der Waals surface area contributed by atoms with E-state index in [1.165, 1.54) is 6.07 Å². The number of hydrogen-bond donors (Lipinski definition) is 0. The number of amides is 1. The van der Waals surface area contributed by atoms with Crippen molar-refractivity contribution in [1.29, 1.82) is 0 Å². The van der Waals surface area contributed by atoms with E-state index in [0.29, 0.717) is 38.6 Å². The molecule has 0 atom stereocenters. The molecule has 204 valence electrons. The van der Waals surface area contributed by atoms with E-state index in [9.17, 15) is 18.0 Å². The summed E-state index contributed by atoms with van der Waals surface area (Å²) in [5.74, 6) is 0.305. The maximum absolute atomic E-state index is 13.2. The molecule has 1 aromatic carbocycles. The molecule has 5 rings (SSSR count). The first-order valence-electron chi connectivity index (χ1n) is 12.8. The maximum atomic E-state index is 13.2. The summed E-state index contributed by atoms with van der Waals surface area (Å²) in [6, 6.07) is 11.2. The highest BCUT2D eigenvalue weighted by Crippen LogP contribution is 2.28. The minimum atomic E-state index is -4.62. The highest BCUT2D eigenvalue weighted by Gasteiger charge is 2.38. The summed E-state index contributed by atoms with van der Waals surface area (Å²) in [7, 11) is 0. The lowest BCUT2D eigenvalue weighted by Gasteiger charge is -2.36. The van der Waals surface area contributed by atoms with E-state index in [0.717, 1.165) is 55.1 Å². The van der Waals surface area contributed by atoms with E-state index >= 15 is 0 Å². The molecule has 2 fully saturated rings. The normalized spacial score (nSPS) is 17.3. The van der Waals surface area contributed by atoms with Gasteiger partial charge in [-0.25, -0.2) is 0 Å². The van der Waals surface area contributed by atoms with Crippen LogP contribution in [0.4, 0.5) is 24.7 Å². The van der Waals surface area contributed by atoms with Gasteiger partial charge in [0.2, 0.25) is 5.91 Å². The van der Waals surface area contributed by atoms with Crippen molar-refractivity contribution in [2.75, 3.05) is 75.3 Å². The van der Waals surface area contributed by atoms with Gasteiger partial charge < -0.3 is 19.4 Å². The number of halogens is 3. The predicted molar refractivity (Wildman–Crippen MR) is 135 cm³/mol. The van der Waals surface area contributed by atoms with Crippen LogP contribution in [0.15, 0.2) is 36.4 Å². The number of carbonyl (C=O) groups is 1. The fraction of sp³-hybridized carbons (Fsp3) is 0.520. The molecule has 1 amide bonds. The first-order chi connectivity index (χ1) is 18.3. The number of hydrogen-bond acceptors (Lipinski definition) is 8. The van der Waals surface area contributed by atoms with Crippen molar-refractivity contribution in [3.05, 3.63) is 42.2 Å². The van der Waals surface area contributed by atoms with Gasteiger partial charge in [-0.05, 0) is 42.8 Å². The summed E-state index contributed by atoms with van der Waals surface area (Å²) in [4.78, 5) is 19.9. The molecule has 3 aromatic rings. The number of nitrogens with zero attached hydrogens (tertiary/aromatic N) is 8. The van der Waals surface area contributed by atoms with Gasteiger partial charge in [-0.15, -0.1) is 15.3 Å². The smallest absolute Gasteiger partial charge is 0.453 e. The molecule has 10 nitrogen and oxygen atoms in total. The topological polar surface area (TPSA) is 82.3 Å². The fourth-order valence-electron chi connectivity index (χ4n) is 4.84. The SMILES string of the molecule is CC(=O)N1CCN(CCCOc2ccc(N3CCN(c4ccc5nnc(C(F)(F)F)n5n4)CC3)cc2)CC1. The van der Waals surface area contributed by atoms with Crippen LogP contribution in [-0.4, -0.2) is 101 Å². The third-order valence-electron chi connectivity index (χ3n) is 7.01. The Bertz CT molecular complexity index is 1230. The van der Waals surface area contributed by atoms with Crippen molar-refractivity contribution >= 4 is 23.1 Å². The highest BCUT2D eigenvalue weighted by molar-refractivity contribution is 5.73. The zero-order valence-corrected chi connectivity index (χ0v) is 21.3. The van der Waals surface area contributed by atoms with Gasteiger partial charge in [0, 0.05) is 71.5 Å². The molecule has 2 aliphatic heterocycles. The van der Waals surface area contributed by atoms with E-state index < -0.39 is 12.0 Å². The molecular weight excluding hydrogens is 501 g/mol. The molecule has 0 saturated carbocycles. The third-order valence-corrected chi connectivity index (χ3v) is 7.01. The van der Waals surface area contributed by atoms with Crippen LogP contribution in [0.1, 0.15) is 19.2 Å². The first kappa shape index (κ1) is 26.0. The number of carbonyl (C=O) groups excluding carboxylic acids is 1. The number of anilines is 2. The maximum Gasteiger partial charge on any atom is 0.453 e. The number of benzene rings is 1. The molecule has 4 heterocycles. The van der Waals surface area contributed by atoms with Gasteiger partial charge in [0.15, 0.2) is 5.65 Å². The minimum absolute atomic E-state index is 0.0644. The summed E-state index contributed by atoms with van der Waals surface area (Å²) < 4.78 is 46.2. The third kappa shape index (κ3) is 5.93. The lowest BCUT2D eigenvalue weighted by atomic mass is 10.2.